The van der Waals surface area contributed by atoms with E-state index < -0.39 is 0 Å². The van der Waals surface area contributed by atoms with Crippen molar-refractivity contribution in [3.05, 3.63) is 29.6 Å². The van der Waals surface area contributed by atoms with Crippen LogP contribution in [0.4, 0.5) is 4.39 Å². The van der Waals surface area contributed by atoms with Crippen molar-refractivity contribution in [3.8, 4) is 5.75 Å². The van der Waals surface area contributed by atoms with Gasteiger partial charge in [0.25, 0.3) is 0 Å². The van der Waals surface area contributed by atoms with Crippen LogP contribution in [0.2, 0.25) is 0 Å². The fourth-order valence-electron chi connectivity index (χ4n) is 2.83. The first-order valence-electron chi connectivity index (χ1n) is 7.72. The Morgan fingerprint density at radius 3 is 2.75 bits per heavy atom. The number of halogens is 1. The maximum Gasteiger partial charge on any atom is 0.168 e. The number of hydrogen-bond acceptors (Lipinski definition) is 2. The van der Waals surface area contributed by atoms with E-state index in [4.69, 9.17) is 4.74 Å². The summed E-state index contributed by atoms with van der Waals surface area (Å²) in [6.07, 6.45) is 4.49. The highest BCUT2D eigenvalue weighted by atomic mass is 19.1. The summed E-state index contributed by atoms with van der Waals surface area (Å²) in [5.74, 6) is 1.56. The van der Waals surface area contributed by atoms with Gasteiger partial charge >= 0.3 is 0 Å². The van der Waals surface area contributed by atoms with Gasteiger partial charge in [-0.1, -0.05) is 26.0 Å². The highest BCUT2D eigenvalue weighted by molar-refractivity contribution is 5.31. The molecule has 1 saturated carbocycles. The Kier molecular flexibility index (Phi) is 5.41. The van der Waals surface area contributed by atoms with Gasteiger partial charge in [0.2, 0.25) is 0 Å². The van der Waals surface area contributed by atoms with Gasteiger partial charge in [-0.05, 0) is 55.7 Å². The smallest absolute Gasteiger partial charge is 0.168 e. The maximum absolute atomic E-state index is 14.3. The molecule has 1 aliphatic rings. The average Bonchev–Trinajstić information content (AvgIpc) is 3.29. The van der Waals surface area contributed by atoms with Gasteiger partial charge in [-0.3, -0.25) is 0 Å². The minimum atomic E-state index is -0.207. The van der Waals surface area contributed by atoms with Gasteiger partial charge in [0.15, 0.2) is 11.6 Å². The number of benzene rings is 1. The predicted molar refractivity (Wildman–Crippen MR) is 80.6 cm³/mol. The summed E-state index contributed by atoms with van der Waals surface area (Å²) in [5.41, 5.74) is 0.755. The van der Waals surface area contributed by atoms with Gasteiger partial charge < -0.3 is 10.1 Å². The molecular formula is C17H26FNO. The number of nitrogens with one attached hydrogen (secondary N) is 1. The molecule has 3 heteroatoms. The Morgan fingerprint density at radius 1 is 1.40 bits per heavy atom. The van der Waals surface area contributed by atoms with Crippen molar-refractivity contribution in [2.75, 3.05) is 13.7 Å². The third-order valence-corrected chi connectivity index (χ3v) is 4.36. The molecule has 1 N–H and O–H groups in total. The summed E-state index contributed by atoms with van der Waals surface area (Å²) in [5, 5.41) is 3.60. The zero-order valence-corrected chi connectivity index (χ0v) is 12.8. The van der Waals surface area contributed by atoms with Crippen molar-refractivity contribution in [1.82, 2.24) is 5.32 Å². The molecule has 0 radical (unpaired) electrons. The topological polar surface area (TPSA) is 21.3 Å². The minimum Gasteiger partial charge on any atom is -0.494 e. The van der Waals surface area contributed by atoms with Gasteiger partial charge in [-0.25, -0.2) is 4.39 Å². The molecule has 1 fully saturated rings. The van der Waals surface area contributed by atoms with Crippen LogP contribution in [-0.4, -0.2) is 19.7 Å². The van der Waals surface area contributed by atoms with Crippen LogP contribution in [0.3, 0.4) is 0 Å². The van der Waals surface area contributed by atoms with E-state index in [0.717, 1.165) is 30.9 Å². The van der Waals surface area contributed by atoms with E-state index in [-0.39, 0.29) is 5.82 Å². The molecule has 20 heavy (non-hydrogen) atoms. The predicted octanol–water partition coefficient (Wildman–Crippen LogP) is 3.79. The lowest BCUT2D eigenvalue weighted by atomic mass is 9.90. The fourth-order valence-corrected chi connectivity index (χ4v) is 2.83. The SMILES string of the molecule is CCCNC(Cc1cccc(OC)c1F)C(C)C1CC1. The molecule has 112 valence electrons. The third kappa shape index (κ3) is 3.72. The Labute approximate surface area is 121 Å². The van der Waals surface area contributed by atoms with E-state index >= 15 is 0 Å². The molecule has 0 saturated heterocycles. The van der Waals surface area contributed by atoms with Gasteiger partial charge in [-0.15, -0.1) is 0 Å². The van der Waals surface area contributed by atoms with Gasteiger partial charge in [-0.2, -0.15) is 0 Å². The average molecular weight is 279 g/mol. The van der Waals surface area contributed by atoms with Crippen LogP contribution in [0.5, 0.6) is 5.75 Å². The van der Waals surface area contributed by atoms with E-state index in [2.05, 4.69) is 19.2 Å². The van der Waals surface area contributed by atoms with Gasteiger partial charge in [0.1, 0.15) is 0 Å². The summed E-state index contributed by atoms with van der Waals surface area (Å²) in [7, 11) is 1.52. The van der Waals surface area contributed by atoms with Gasteiger partial charge in [0, 0.05) is 6.04 Å². The Bertz CT molecular complexity index is 431. The molecule has 1 aromatic carbocycles. The first-order valence-corrected chi connectivity index (χ1v) is 7.72. The number of ether oxygens (including phenoxy) is 1. The van der Waals surface area contributed by atoms with E-state index in [1.165, 1.54) is 20.0 Å². The lowest BCUT2D eigenvalue weighted by Gasteiger charge is -2.25. The summed E-state index contributed by atoms with van der Waals surface area (Å²) < 4.78 is 19.4. The summed E-state index contributed by atoms with van der Waals surface area (Å²) >= 11 is 0. The highest BCUT2D eigenvalue weighted by Crippen LogP contribution is 2.39. The van der Waals surface area contributed by atoms with Crippen LogP contribution in [0.1, 0.15) is 38.7 Å². The molecule has 1 aliphatic carbocycles. The van der Waals surface area contributed by atoms with E-state index in [0.29, 0.717) is 17.7 Å². The van der Waals surface area contributed by atoms with E-state index in [9.17, 15) is 4.39 Å². The normalized spacial score (nSPS) is 17.8. The molecule has 2 rings (SSSR count). The van der Waals surface area contributed by atoms with E-state index in [1.807, 2.05) is 12.1 Å². The molecule has 2 nitrogen and oxygen atoms in total. The molecule has 0 aliphatic heterocycles. The second kappa shape index (κ2) is 7.07. The molecule has 0 bridgehead atoms. The van der Waals surface area contributed by atoms with Crippen LogP contribution < -0.4 is 10.1 Å². The van der Waals surface area contributed by atoms with Crippen LogP contribution >= 0.6 is 0 Å². The minimum absolute atomic E-state index is 0.207. The fraction of sp³-hybridized carbons (Fsp3) is 0.647. The highest BCUT2D eigenvalue weighted by Gasteiger charge is 2.33. The van der Waals surface area contributed by atoms with Crippen molar-refractivity contribution in [1.29, 1.82) is 0 Å². The van der Waals surface area contributed by atoms with Crippen LogP contribution in [0, 0.1) is 17.7 Å². The van der Waals surface area contributed by atoms with E-state index in [1.54, 1.807) is 6.07 Å². The second-order valence-corrected chi connectivity index (χ2v) is 5.89. The zero-order valence-electron chi connectivity index (χ0n) is 12.8. The molecule has 0 spiro atoms. The molecule has 0 amide bonds. The van der Waals surface area contributed by atoms with Crippen LogP contribution in [0.15, 0.2) is 18.2 Å². The second-order valence-electron chi connectivity index (χ2n) is 5.89. The molecule has 2 unspecified atom stereocenters. The molecule has 0 heterocycles. The van der Waals surface area contributed by atoms with Crippen molar-refractivity contribution in [2.45, 2.75) is 45.6 Å². The first-order chi connectivity index (χ1) is 9.67. The summed E-state index contributed by atoms with van der Waals surface area (Å²) in [6, 6.07) is 5.77. The number of hydrogen-bond donors (Lipinski definition) is 1. The first kappa shape index (κ1) is 15.3. The van der Waals surface area contributed by atoms with Crippen LogP contribution in [0.25, 0.3) is 0 Å². The van der Waals surface area contributed by atoms with Crippen molar-refractivity contribution >= 4 is 0 Å². The van der Waals surface area contributed by atoms with Crippen molar-refractivity contribution < 1.29 is 9.13 Å². The summed E-state index contributed by atoms with van der Waals surface area (Å²) in [4.78, 5) is 0. The molecule has 0 aromatic heterocycles. The number of methoxy groups -OCH3 is 1. The molecule has 2 atom stereocenters. The van der Waals surface area contributed by atoms with Gasteiger partial charge in [0.05, 0.1) is 7.11 Å². The molecular weight excluding hydrogens is 253 g/mol. The van der Waals surface area contributed by atoms with Crippen molar-refractivity contribution in [3.63, 3.8) is 0 Å². The Balaban J connectivity index is 2.09. The summed E-state index contributed by atoms with van der Waals surface area (Å²) in [6.45, 7) is 5.45. The number of rotatable bonds is 8. The maximum atomic E-state index is 14.3. The lowest BCUT2D eigenvalue weighted by Crippen LogP contribution is -2.38. The Hall–Kier alpha value is -1.09. The van der Waals surface area contributed by atoms with Crippen molar-refractivity contribution in [2.24, 2.45) is 11.8 Å². The monoisotopic (exact) mass is 279 g/mol. The van der Waals surface area contributed by atoms with Crippen LogP contribution in [-0.2, 0) is 6.42 Å². The largest absolute Gasteiger partial charge is 0.494 e. The Morgan fingerprint density at radius 2 is 2.15 bits per heavy atom. The third-order valence-electron chi connectivity index (χ3n) is 4.36. The molecule has 1 aromatic rings. The zero-order chi connectivity index (χ0) is 14.5. The standard InChI is InChI=1S/C17H26FNO/c1-4-10-19-15(12(2)13-8-9-13)11-14-6-5-7-16(20-3)17(14)18/h5-7,12-13,15,19H,4,8-11H2,1-3H3. The quantitative estimate of drug-likeness (QED) is 0.781. The lowest BCUT2D eigenvalue weighted by molar-refractivity contribution is 0.333.